The number of amides is 1. The van der Waals surface area contributed by atoms with Crippen LogP contribution in [0.15, 0.2) is 59.8 Å². The number of nitrogens with zero attached hydrogens (tertiary/aromatic N) is 3. The number of hydrogen-bond donors (Lipinski definition) is 2. The number of carbonyl (C=O) groups is 1. The summed E-state index contributed by atoms with van der Waals surface area (Å²) in [7, 11) is 1.61. The van der Waals surface area contributed by atoms with E-state index in [0.29, 0.717) is 17.5 Å². The molecule has 0 aliphatic carbocycles. The van der Waals surface area contributed by atoms with E-state index in [2.05, 4.69) is 34.6 Å². The summed E-state index contributed by atoms with van der Waals surface area (Å²) in [6.07, 6.45) is 0. The van der Waals surface area contributed by atoms with Gasteiger partial charge < -0.3 is 15.9 Å². The van der Waals surface area contributed by atoms with Gasteiger partial charge in [0.1, 0.15) is 5.75 Å². The third-order valence-corrected chi connectivity index (χ3v) is 5.26. The summed E-state index contributed by atoms with van der Waals surface area (Å²) in [6.45, 7) is 2.66. The van der Waals surface area contributed by atoms with Crippen LogP contribution in [0.25, 0.3) is 11.4 Å². The molecule has 1 aromatic heterocycles. The fraction of sp³-hybridized carbons (Fsp3) is 0.250. The Kier molecular flexibility index (Phi) is 6.54. The molecule has 1 heterocycles. The number of benzene rings is 2. The van der Waals surface area contributed by atoms with Crippen LogP contribution in [0.5, 0.6) is 5.75 Å². The van der Waals surface area contributed by atoms with Crippen molar-refractivity contribution in [1.29, 1.82) is 0 Å². The van der Waals surface area contributed by atoms with Crippen molar-refractivity contribution in [2.24, 2.45) is 0 Å². The van der Waals surface area contributed by atoms with Gasteiger partial charge in [0.05, 0.1) is 12.9 Å². The maximum Gasteiger partial charge on any atom is 0.230 e. The number of methoxy groups -OCH3 is 1. The average molecular weight is 398 g/mol. The molecule has 0 bridgehead atoms. The molecule has 0 unspecified atom stereocenters. The summed E-state index contributed by atoms with van der Waals surface area (Å²) in [5.74, 6) is 7.78. The van der Waals surface area contributed by atoms with Crippen LogP contribution in [0.3, 0.4) is 0 Å². The number of aromatic nitrogens is 3. The molecule has 0 spiro atoms. The first-order valence-corrected chi connectivity index (χ1v) is 9.86. The van der Waals surface area contributed by atoms with E-state index in [4.69, 9.17) is 10.6 Å². The van der Waals surface area contributed by atoms with Gasteiger partial charge in [-0.05, 0) is 35.7 Å². The zero-order valence-corrected chi connectivity index (χ0v) is 16.6. The largest absolute Gasteiger partial charge is 0.497 e. The van der Waals surface area contributed by atoms with E-state index in [9.17, 15) is 4.79 Å². The van der Waals surface area contributed by atoms with Gasteiger partial charge in [-0.2, -0.15) is 0 Å². The van der Waals surface area contributed by atoms with Gasteiger partial charge in [-0.15, -0.1) is 10.2 Å². The Morgan fingerprint density at radius 1 is 1.18 bits per heavy atom. The van der Waals surface area contributed by atoms with Crippen molar-refractivity contribution in [2.45, 2.75) is 18.0 Å². The van der Waals surface area contributed by atoms with E-state index in [-0.39, 0.29) is 17.6 Å². The third kappa shape index (κ3) is 4.83. The average Bonchev–Trinajstić information content (AvgIpc) is 3.11. The fourth-order valence-electron chi connectivity index (χ4n) is 2.66. The Hall–Kier alpha value is -3.00. The maximum absolute atomic E-state index is 12.2. The summed E-state index contributed by atoms with van der Waals surface area (Å²) in [5.41, 5.74) is 2.02. The summed E-state index contributed by atoms with van der Waals surface area (Å²) >= 11 is 1.25. The lowest BCUT2D eigenvalue weighted by atomic mass is 10.0. The topological polar surface area (TPSA) is 95.1 Å². The predicted molar refractivity (Wildman–Crippen MR) is 111 cm³/mol. The molecule has 146 valence electrons. The Balaban J connectivity index is 1.53. The molecule has 8 heteroatoms. The lowest BCUT2D eigenvalue weighted by Crippen LogP contribution is -2.29. The van der Waals surface area contributed by atoms with Gasteiger partial charge in [-0.3, -0.25) is 4.79 Å². The SMILES string of the molecule is COc1ccc(-c2nnc(SCC(=O)NC[C@@H](C)c3ccccc3)n2N)cc1. The van der Waals surface area contributed by atoms with Crippen LogP contribution in [0.2, 0.25) is 0 Å². The third-order valence-electron chi connectivity index (χ3n) is 4.32. The van der Waals surface area contributed by atoms with Crippen molar-refractivity contribution in [2.75, 3.05) is 25.3 Å². The van der Waals surface area contributed by atoms with Crippen molar-refractivity contribution in [3.8, 4) is 17.1 Å². The number of hydrogen-bond acceptors (Lipinski definition) is 6. The van der Waals surface area contributed by atoms with Gasteiger partial charge in [0.15, 0.2) is 5.82 Å². The predicted octanol–water partition coefficient (Wildman–Crippen LogP) is 2.68. The Morgan fingerprint density at radius 2 is 1.89 bits per heavy atom. The second-order valence-corrected chi connectivity index (χ2v) is 7.25. The molecular weight excluding hydrogens is 374 g/mol. The molecule has 3 N–H and O–H groups in total. The lowest BCUT2D eigenvalue weighted by molar-refractivity contribution is -0.118. The number of thioether (sulfide) groups is 1. The van der Waals surface area contributed by atoms with Gasteiger partial charge in [-0.1, -0.05) is 49.0 Å². The van der Waals surface area contributed by atoms with E-state index in [1.54, 1.807) is 7.11 Å². The second-order valence-electron chi connectivity index (χ2n) is 6.31. The monoisotopic (exact) mass is 397 g/mol. The first-order chi connectivity index (χ1) is 13.6. The van der Waals surface area contributed by atoms with Gasteiger partial charge in [0.25, 0.3) is 0 Å². The highest BCUT2D eigenvalue weighted by Crippen LogP contribution is 2.23. The van der Waals surface area contributed by atoms with Gasteiger partial charge in [0, 0.05) is 12.1 Å². The van der Waals surface area contributed by atoms with Crippen LogP contribution in [0.4, 0.5) is 0 Å². The number of carbonyl (C=O) groups excluding carboxylic acids is 1. The van der Waals surface area contributed by atoms with Crippen molar-refractivity contribution >= 4 is 17.7 Å². The normalized spacial score (nSPS) is 11.8. The van der Waals surface area contributed by atoms with Crippen LogP contribution in [-0.2, 0) is 4.79 Å². The Labute approximate surface area is 168 Å². The molecule has 3 rings (SSSR count). The Bertz CT molecular complexity index is 912. The van der Waals surface area contributed by atoms with Crippen LogP contribution < -0.4 is 15.9 Å². The molecule has 7 nitrogen and oxygen atoms in total. The number of nitrogens with two attached hydrogens (primary N) is 1. The molecule has 2 aromatic carbocycles. The van der Waals surface area contributed by atoms with Crippen molar-refractivity contribution < 1.29 is 9.53 Å². The van der Waals surface area contributed by atoms with Crippen LogP contribution in [-0.4, -0.2) is 40.2 Å². The zero-order valence-electron chi connectivity index (χ0n) is 15.8. The molecule has 0 saturated carbocycles. The fourth-order valence-corrected chi connectivity index (χ4v) is 3.35. The van der Waals surface area contributed by atoms with E-state index >= 15 is 0 Å². The van der Waals surface area contributed by atoms with Crippen molar-refractivity contribution in [3.63, 3.8) is 0 Å². The summed E-state index contributed by atoms with van der Waals surface area (Å²) in [4.78, 5) is 12.2. The molecular formula is C20H23N5O2S. The van der Waals surface area contributed by atoms with Crippen LogP contribution >= 0.6 is 11.8 Å². The molecule has 0 aliphatic rings. The zero-order chi connectivity index (χ0) is 19.9. The molecule has 0 saturated heterocycles. The standard InChI is InChI=1S/C20H23N5O2S/c1-14(15-6-4-3-5-7-15)12-22-18(26)13-28-20-24-23-19(25(20)21)16-8-10-17(27-2)11-9-16/h3-11,14H,12-13,21H2,1-2H3,(H,22,26)/t14-/m1/s1. The van der Waals surface area contributed by atoms with Crippen LogP contribution in [0.1, 0.15) is 18.4 Å². The minimum atomic E-state index is -0.0678. The van der Waals surface area contributed by atoms with Gasteiger partial charge in [0.2, 0.25) is 11.1 Å². The number of ether oxygens (including phenoxy) is 1. The second kappa shape index (κ2) is 9.27. The highest BCUT2D eigenvalue weighted by Gasteiger charge is 2.14. The molecule has 1 atom stereocenters. The van der Waals surface area contributed by atoms with Crippen molar-refractivity contribution in [1.82, 2.24) is 20.2 Å². The number of rotatable bonds is 8. The molecule has 0 radical (unpaired) electrons. The summed E-state index contributed by atoms with van der Waals surface area (Å²) < 4.78 is 6.55. The van der Waals surface area contributed by atoms with Crippen molar-refractivity contribution in [3.05, 3.63) is 60.2 Å². The van der Waals surface area contributed by atoms with Gasteiger partial charge >= 0.3 is 0 Å². The minimum Gasteiger partial charge on any atom is -0.497 e. The number of nitrogens with one attached hydrogen (secondary N) is 1. The Morgan fingerprint density at radius 3 is 2.57 bits per heavy atom. The van der Waals surface area contributed by atoms with Crippen LogP contribution in [0, 0.1) is 0 Å². The van der Waals surface area contributed by atoms with E-state index in [0.717, 1.165) is 11.3 Å². The highest BCUT2D eigenvalue weighted by atomic mass is 32.2. The maximum atomic E-state index is 12.2. The molecule has 28 heavy (non-hydrogen) atoms. The lowest BCUT2D eigenvalue weighted by Gasteiger charge is -2.12. The van der Waals surface area contributed by atoms with E-state index < -0.39 is 0 Å². The van der Waals surface area contributed by atoms with Gasteiger partial charge in [-0.25, -0.2) is 4.68 Å². The molecule has 1 amide bonds. The smallest absolute Gasteiger partial charge is 0.230 e. The first kappa shape index (κ1) is 19.8. The molecule has 3 aromatic rings. The summed E-state index contributed by atoms with van der Waals surface area (Å²) in [5, 5.41) is 11.7. The highest BCUT2D eigenvalue weighted by molar-refractivity contribution is 7.99. The van der Waals surface area contributed by atoms with E-state index in [1.807, 2.05) is 42.5 Å². The first-order valence-electron chi connectivity index (χ1n) is 8.88. The van der Waals surface area contributed by atoms with E-state index in [1.165, 1.54) is 22.0 Å². The molecule has 0 aliphatic heterocycles. The number of nitrogen functional groups attached to an aromatic ring is 1. The summed E-state index contributed by atoms with van der Waals surface area (Å²) in [6, 6.07) is 17.5. The molecule has 0 fully saturated rings. The quantitative estimate of drug-likeness (QED) is 0.448. The minimum absolute atomic E-state index is 0.0678.